The normalized spacial score (nSPS) is 16.8. The lowest BCUT2D eigenvalue weighted by atomic mass is 9.89. The Morgan fingerprint density at radius 1 is 1.00 bits per heavy atom. The third-order valence-electron chi connectivity index (χ3n) is 4.99. The van der Waals surface area contributed by atoms with Crippen LogP contribution in [0.4, 0.5) is 0 Å². The Morgan fingerprint density at radius 2 is 1.67 bits per heavy atom. The molecule has 1 aliphatic heterocycles. The summed E-state index contributed by atoms with van der Waals surface area (Å²) in [5.41, 5.74) is 1.54. The van der Waals surface area contributed by atoms with Gasteiger partial charge in [0, 0.05) is 35.0 Å². The summed E-state index contributed by atoms with van der Waals surface area (Å²) < 4.78 is 0. The van der Waals surface area contributed by atoms with Gasteiger partial charge in [0.15, 0.2) is 11.6 Å². The smallest absolute Gasteiger partial charge is 0.254 e. The zero-order valence-corrected chi connectivity index (χ0v) is 16.4. The molecule has 0 aromatic heterocycles. The molecule has 0 aliphatic carbocycles. The molecule has 1 aliphatic rings. The van der Waals surface area contributed by atoms with Crippen LogP contribution in [-0.2, 0) is 0 Å². The lowest BCUT2D eigenvalue weighted by Crippen LogP contribution is -2.42. The fourth-order valence-corrected chi connectivity index (χ4v) is 3.92. The van der Waals surface area contributed by atoms with Crippen molar-refractivity contribution in [2.75, 3.05) is 19.3 Å². The quantitative estimate of drug-likeness (QED) is 0.571. The number of thioether (sulfide) groups is 1. The van der Waals surface area contributed by atoms with Gasteiger partial charge < -0.3 is 4.90 Å². The standard InChI is InChI=1S/C22H23NO3S/c1-15(24)19-7-3-4-8-20(19)22(26)23-13-5-6-17(14-23)21(25)16-9-11-18(27-2)12-10-16/h3-4,7-12,17H,5-6,13-14H2,1-2H3/t17-/m1/s1. The first-order chi connectivity index (χ1) is 13.0. The van der Waals surface area contributed by atoms with Crippen molar-refractivity contribution in [2.45, 2.75) is 24.7 Å². The lowest BCUT2D eigenvalue weighted by molar-refractivity contribution is 0.0633. The number of carbonyl (C=O) groups is 3. The molecule has 0 bridgehead atoms. The van der Waals surface area contributed by atoms with E-state index < -0.39 is 0 Å². The SMILES string of the molecule is CSc1ccc(C(=O)[C@@H]2CCCN(C(=O)c3ccccc3C(C)=O)C2)cc1. The summed E-state index contributed by atoms with van der Waals surface area (Å²) >= 11 is 1.64. The van der Waals surface area contributed by atoms with Gasteiger partial charge in [0.2, 0.25) is 0 Å². The van der Waals surface area contributed by atoms with Crippen molar-refractivity contribution >= 4 is 29.2 Å². The number of amides is 1. The fraction of sp³-hybridized carbons (Fsp3) is 0.318. The number of Topliss-reactive ketones (excluding diaryl/α,β-unsaturated/α-hetero) is 2. The molecule has 5 heteroatoms. The summed E-state index contributed by atoms with van der Waals surface area (Å²) in [5.74, 6) is -0.416. The number of likely N-dealkylation sites (tertiary alicyclic amines) is 1. The highest BCUT2D eigenvalue weighted by Crippen LogP contribution is 2.24. The average Bonchev–Trinajstić information content (AvgIpc) is 2.72. The third-order valence-corrected chi connectivity index (χ3v) is 5.73. The minimum Gasteiger partial charge on any atom is -0.338 e. The van der Waals surface area contributed by atoms with E-state index in [0.717, 1.165) is 17.7 Å². The van der Waals surface area contributed by atoms with Gasteiger partial charge in [-0.3, -0.25) is 14.4 Å². The van der Waals surface area contributed by atoms with Gasteiger partial charge in [-0.1, -0.05) is 30.3 Å². The van der Waals surface area contributed by atoms with Gasteiger partial charge in [-0.2, -0.15) is 0 Å². The highest BCUT2D eigenvalue weighted by atomic mass is 32.2. The van der Waals surface area contributed by atoms with Crippen molar-refractivity contribution in [3.05, 3.63) is 65.2 Å². The molecule has 1 amide bonds. The Bertz CT molecular complexity index is 860. The molecule has 0 radical (unpaired) electrons. The third kappa shape index (κ3) is 4.30. The van der Waals surface area contributed by atoms with Gasteiger partial charge in [0.25, 0.3) is 5.91 Å². The van der Waals surface area contributed by atoms with Crippen LogP contribution in [0.25, 0.3) is 0 Å². The predicted molar refractivity (Wildman–Crippen MR) is 108 cm³/mol. The number of ketones is 2. The topological polar surface area (TPSA) is 54.5 Å². The summed E-state index contributed by atoms with van der Waals surface area (Å²) in [6, 6.07) is 14.5. The molecule has 1 fully saturated rings. The van der Waals surface area contributed by atoms with E-state index in [0.29, 0.717) is 29.8 Å². The minimum absolute atomic E-state index is 0.0833. The van der Waals surface area contributed by atoms with E-state index in [-0.39, 0.29) is 23.4 Å². The van der Waals surface area contributed by atoms with Gasteiger partial charge in [-0.05, 0) is 44.2 Å². The largest absolute Gasteiger partial charge is 0.338 e. The summed E-state index contributed by atoms with van der Waals surface area (Å²) in [5, 5.41) is 0. The molecule has 1 saturated heterocycles. The van der Waals surface area contributed by atoms with Crippen LogP contribution in [0.1, 0.15) is 50.8 Å². The van der Waals surface area contributed by atoms with E-state index >= 15 is 0 Å². The van der Waals surface area contributed by atoms with Gasteiger partial charge >= 0.3 is 0 Å². The van der Waals surface area contributed by atoms with Gasteiger partial charge in [-0.15, -0.1) is 11.8 Å². The molecule has 0 N–H and O–H groups in total. The van der Waals surface area contributed by atoms with E-state index in [9.17, 15) is 14.4 Å². The molecule has 1 heterocycles. The van der Waals surface area contributed by atoms with Crippen LogP contribution in [-0.4, -0.2) is 41.7 Å². The maximum Gasteiger partial charge on any atom is 0.254 e. The minimum atomic E-state index is -0.202. The van der Waals surface area contributed by atoms with Gasteiger partial charge in [0.05, 0.1) is 5.56 Å². The van der Waals surface area contributed by atoms with Crippen LogP contribution >= 0.6 is 11.8 Å². The summed E-state index contributed by atoms with van der Waals surface area (Å²) in [4.78, 5) is 40.5. The van der Waals surface area contributed by atoms with E-state index in [1.54, 1.807) is 40.9 Å². The highest BCUT2D eigenvalue weighted by Gasteiger charge is 2.30. The molecule has 4 nitrogen and oxygen atoms in total. The van der Waals surface area contributed by atoms with Crippen LogP contribution in [0.2, 0.25) is 0 Å². The Hall–Kier alpha value is -2.40. The maximum atomic E-state index is 13.0. The Labute approximate surface area is 163 Å². The van der Waals surface area contributed by atoms with E-state index in [1.165, 1.54) is 6.92 Å². The van der Waals surface area contributed by atoms with Crippen molar-refractivity contribution in [3.8, 4) is 0 Å². The number of rotatable bonds is 5. The van der Waals surface area contributed by atoms with Gasteiger partial charge in [-0.25, -0.2) is 0 Å². The molecule has 3 rings (SSSR count). The second-order valence-electron chi connectivity index (χ2n) is 6.78. The Morgan fingerprint density at radius 3 is 2.30 bits per heavy atom. The molecule has 0 saturated carbocycles. The van der Waals surface area contributed by atoms with Crippen LogP contribution in [0.5, 0.6) is 0 Å². The zero-order chi connectivity index (χ0) is 19.4. The number of hydrogen-bond donors (Lipinski definition) is 0. The monoisotopic (exact) mass is 381 g/mol. The first kappa shape index (κ1) is 19.4. The molecular formula is C22H23NO3S. The van der Waals surface area contributed by atoms with Crippen molar-refractivity contribution in [2.24, 2.45) is 5.92 Å². The molecule has 2 aromatic rings. The van der Waals surface area contributed by atoms with Crippen molar-refractivity contribution < 1.29 is 14.4 Å². The van der Waals surface area contributed by atoms with Crippen molar-refractivity contribution in [3.63, 3.8) is 0 Å². The first-order valence-corrected chi connectivity index (χ1v) is 10.3. The molecule has 2 aromatic carbocycles. The summed E-state index contributed by atoms with van der Waals surface area (Å²) in [6.45, 7) is 2.47. The summed E-state index contributed by atoms with van der Waals surface area (Å²) in [7, 11) is 0. The number of piperidine rings is 1. The summed E-state index contributed by atoms with van der Waals surface area (Å²) in [6.07, 6.45) is 3.56. The van der Waals surface area contributed by atoms with Crippen LogP contribution in [0.15, 0.2) is 53.4 Å². The first-order valence-electron chi connectivity index (χ1n) is 9.08. The highest BCUT2D eigenvalue weighted by molar-refractivity contribution is 7.98. The fourth-order valence-electron chi connectivity index (χ4n) is 3.51. The van der Waals surface area contributed by atoms with Crippen LogP contribution in [0, 0.1) is 5.92 Å². The van der Waals surface area contributed by atoms with Crippen LogP contribution < -0.4 is 0 Å². The van der Waals surface area contributed by atoms with E-state index in [2.05, 4.69) is 0 Å². The number of hydrogen-bond acceptors (Lipinski definition) is 4. The van der Waals surface area contributed by atoms with Gasteiger partial charge in [0.1, 0.15) is 0 Å². The molecular weight excluding hydrogens is 358 g/mol. The number of benzene rings is 2. The molecule has 27 heavy (non-hydrogen) atoms. The van der Waals surface area contributed by atoms with Crippen molar-refractivity contribution in [1.82, 2.24) is 4.90 Å². The molecule has 1 atom stereocenters. The molecule has 140 valence electrons. The molecule has 0 unspecified atom stereocenters. The van der Waals surface area contributed by atoms with Crippen LogP contribution in [0.3, 0.4) is 0 Å². The average molecular weight is 381 g/mol. The second kappa shape index (κ2) is 8.53. The zero-order valence-electron chi connectivity index (χ0n) is 15.6. The predicted octanol–water partition coefficient (Wildman–Crippen LogP) is 4.35. The Balaban J connectivity index is 1.76. The van der Waals surface area contributed by atoms with Crippen molar-refractivity contribution in [1.29, 1.82) is 0 Å². The number of nitrogens with zero attached hydrogens (tertiary/aromatic N) is 1. The maximum absolute atomic E-state index is 13.0. The Kier molecular flexibility index (Phi) is 6.11. The van der Waals surface area contributed by atoms with E-state index in [4.69, 9.17) is 0 Å². The lowest BCUT2D eigenvalue weighted by Gasteiger charge is -2.32. The number of carbonyl (C=O) groups excluding carboxylic acids is 3. The molecule has 0 spiro atoms. The second-order valence-corrected chi connectivity index (χ2v) is 7.66. The van der Waals surface area contributed by atoms with E-state index in [1.807, 2.05) is 30.5 Å².